The van der Waals surface area contributed by atoms with E-state index in [1.54, 1.807) is 0 Å². The summed E-state index contributed by atoms with van der Waals surface area (Å²) < 4.78 is 11.7. The Morgan fingerprint density at radius 2 is 2.00 bits per heavy atom. The van der Waals surface area contributed by atoms with Crippen LogP contribution in [0.5, 0.6) is 0 Å². The van der Waals surface area contributed by atoms with Gasteiger partial charge < -0.3 is 14.3 Å². The SMILES string of the molecule is COC(=O)C[C@]1(C)CC[C@@]2(O1)C(C)=CC[C@@H]1[C@]2(C)CCC[C@@]1(C)C=O. The van der Waals surface area contributed by atoms with E-state index in [1.807, 2.05) is 6.92 Å². The van der Waals surface area contributed by atoms with E-state index >= 15 is 0 Å². The fourth-order valence-electron chi connectivity index (χ4n) is 6.12. The van der Waals surface area contributed by atoms with Crippen LogP contribution in [0.2, 0.25) is 0 Å². The van der Waals surface area contributed by atoms with Gasteiger partial charge in [-0.3, -0.25) is 4.79 Å². The highest BCUT2D eigenvalue weighted by Gasteiger charge is 2.65. The summed E-state index contributed by atoms with van der Waals surface area (Å²) >= 11 is 0. The monoisotopic (exact) mass is 348 g/mol. The van der Waals surface area contributed by atoms with Crippen LogP contribution >= 0.6 is 0 Å². The number of esters is 1. The first kappa shape index (κ1) is 18.6. The molecule has 0 amide bonds. The first-order valence-corrected chi connectivity index (χ1v) is 9.55. The first-order chi connectivity index (χ1) is 11.6. The Labute approximate surface area is 151 Å². The maximum Gasteiger partial charge on any atom is 0.308 e. The number of fused-ring (bicyclic) bond motifs is 2. The van der Waals surface area contributed by atoms with Crippen LogP contribution in [0.3, 0.4) is 0 Å². The van der Waals surface area contributed by atoms with E-state index < -0.39 is 5.60 Å². The molecule has 0 unspecified atom stereocenters. The van der Waals surface area contributed by atoms with Gasteiger partial charge in [-0.25, -0.2) is 0 Å². The Kier molecular flexibility index (Phi) is 4.42. The molecule has 3 rings (SSSR count). The molecule has 0 aromatic rings. The molecule has 1 aliphatic heterocycles. The molecule has 5 atom stereocenters. The fourth-order valence-corrected chi connectivity index (χ4v) is 6.12. The Balaban J connectivity index is 2.00. The number of methoxy groups -OCH3 is 1. The maximum atomic E-state index is 12.0. The first-order valence-electron chi connectivity index (χ1n) is 9.55. The van der Waals surface area contributed by atoms with Crippen molar-refractivity contribution in [2.45, 2.75) is 83.8 Å². The molecule has 1 saturated heterocycles. The van der Waals surface area contributed by atoms with Crippen LogP contribution in [0.1, 0.15) is 72.6 Å². The third-order valence-corrected chi connectivity index (χ3v) is 7.64. The summed E-state index contributed by atoms with van der Waals surface area (Å²) in [7, 11) is 1.43. The summed E-state index contributed by atoms with van der Waals surface area (Å²) in [4.78, 5) is 23.8. The fraction of sp³-hybridized carbons (Fsp3) is 0.810. The number of hydrogen-bond acceptors (Lipinski definition) is 4. The van der Waals surface area contributed by atoms with E-state index in [9.17, 15) is 9.59 Å². The smallest absolute Gasteiger partial charge is 0.308 e. The van der Waals surface area contributed by atoms with Crippen molar-refractivity contribution in [3.8, 4) is 0 Å². The molecular weight excluding hydrogens is 316 g/mol. The van der Waals surface area contributed by atoms with Crippen molar-refractivity contribution in [3.63, 3.8) is 0 Å². The van der Waals surface area contributed by atoms with Crippen LogP contribution in [-0.2, 0) is 19.1 Å². The van der Waals surface area contributed by atoms with E-state index in [0.29, 0.717) is 0 Å². The van der Waals surface area contributed by atoms with Gasteiger partial charge in [-0.15, -0.1) is 0 Å². The lowest BCUT2D eigenvalue weighted by atomic mass is 9.46. The molecular formula is C21H32O4. The highest BCUT2D eigenvalue weighted by atomic mass is 16.5. The molecule has 1 saturated carbocycles. The predicted molar refractivity (Wildman–Crippen MR) is 96.1 cm³/mol. The second kappa shape index (κ2) is 5.94. The number of allylic oxidation sites excluding steroid dienone is 1. The molecule has 3 aliphatic rings. The Hall–Kier alpha value is -1.16. The van der Waals surface area contributed by atoms with Crippen LogP contribution < -0.4 is 0 Å². The van der Waals surface area contributed by atoms with Crippen molar-refractivity contribution in [3.05, 3.63) is 11.6 Å². The Bertz CT molecular complexity index is 611. The van der Waals surface area contributed by atoms with E-state index in [0.717, 1.165) is 38.5 Å². The van der Waals surface area contributed by atoms with Gasteiger partial charge in [0.1, 0.15) is 6.29 Å². The molecule has 1 heterocycles. The van der Waals surface area contributed by atoms with Gasteiger partial charge in [0.05, 0.1) is 24.7 Å². The topological polar surface area (TPSA) is 52.6 Å². The molecule has 4 nitrogen and oxygen atoms in total. The third kappa shape index (κ3) is 2.59. The van der Waals surface area contributed by atoms with Crippen LogP contribution in [0.15, 0.2) is 11.6 Å². The molecule has 0 aromatic carbocycles. The van der Waals surface area contributed by atoms with Crippen molar-refractivity contribution in [2.24, 2.45) is 16.7 Å². The summed E-state index contributed by atoms with van der Waals surface area (Å²) in [6.07, 6.45) is 9.51. The van der Waals surface area contributed by atoms with E-state index in [2.05, 4.69) is 26.8 Å². The van der Waals surface area contributed by atoms with Crippen LogP contribution in [0.25, 0.3) is 0 Å². The number of carbonyl (C=O) groups is 2. The quantitative estimate of drug-likeness (QED) is 0.435. The second-order valence-corrected chi connectivity index (χ2v) is 9.20. The second-order valence-electron chi connectivity index (χ2n) is 9.20. The predicted octanol–water partition coefficient (Wildman–Crippen LogP) is 4.22. The molecule has 0 aromatic heterocycles. The minimum Gasteiger partial charge on any atom is -0.469 e. The van der Waals surface area contributed by atoms with Gasteiger partial charge in [0.15, 0.2) is 0 Å². The van der Waals surface area contributed by atoms with Crippen LogP contribution in [0.4, 0.5) is 0 Å². The minimum absolute atomic E-state index is 0.0758. The number of rotatable bonds is 3. The van der Waals surface area contributed by atoms with E-state index in [1.165, 1.54) is 19.0 Å². The zero-order valence-corrected chi connectivity index (χ0v) is 16.3. The maximum absolute atomic E-state index is 12.0. The van der Waals surface area contributed by atoms with Crippen LogP contribution in [-0.4, -0.2) is 30.6 Å². The molecule has 0 radical (unpaired) electrons. The van der Waals surface area contributed by atoms with E-state index in [-0.39, 0.29) is 34.7 Å². The molecule has 1 spiro atoms. The van der Waals surface area contributed by atoms with Crippen molar-refractivity contribution < 1.29 is 19.1 Å². The summed E-state index contributed by atoms with van der Waals surface area (Å²) in [5, 5.41) is 0. The molecule has 25 heavy (non-hydrogen) atoms. The Morgan fingerprint density at radius 1 is 1.28 bits per heavy atom. The summed E-state index contributed by atoms with van der Waals surface area (Å²) in [5.41, 5.74) is 0.0380. The third-order valence-electron chi connectivity index (χ3n) is 7.64. The molecule has 2 fully saturated rings. The van der Waals surface area contributed by atoms with E-state index in [4.69, 9.17) is 9.47 Å². The average Bonchev–Trinajstić information content (AvgIpc) is 2.92. The van der Waals surface area contributed by atoms with Crippen molar-refractivity contribution in [1.82, 2.24) is 0 Å². The summed E-state index contributed by atoms with van der Waals surface area (Å²) in [5.74, 6) is 0.0653. The molecule has 140 valence electrons. The normalized spacial score (nSPS) is 46.4. The van der Waals surface area contributed by atoms with Gasteiger partial charge in [-0.1, -0.05) is 26.3 Å². The van der Waals surface area contributed by atoms with Gasteiger partial charge in [-0.05, 0) is 57.4 Å². The standard InChI is InChI=1S/C21H32O4/c1-15-7-8-16-18(2,14-22)9-6-10-20(16,4)21(15)12-11-19(3,25-21)13-17(23)24-5/h7,14,16H,6,8-13H2,1-5H3/t16-,18-,19-,20-,21+/m0/s1. The van der Waals surface area contributed by atoms with Crippen molar-refractivity contribution >= 4 is 12.3 Å². The zero-order valence-electron chi connectivity index (χ0n) is 16.3. The lowest BCUT2D eigenvalue weighted by Gasteiger charge is -2.60. The van der Waals surface area contributed by atoms with Gasteiger partial charge in [0, 0.05) is 10.8 Å². The number of carbonyl (C=O) groups excluding carboxylic acids is 2. The molecule has 0 bridgehead atoms. The van der Waals surface area contributed by atoms with Gasteiger partial charge in [0.2, 0.25) is 0 Å². The Morgan fingerprint density at radius 3 is 2.64 bits per heavy atom. The van der Waals surface area contributed by atoms with Gasteiger partial charge in [-0.2, -0.15) is 0 Å². The summed E-state index contributed by atoms with van der Waals surface area (Å²) in [6, 6.07) is 0. The number of ether oxygens (including phenoxy) is 2. The van der Waals surface area contributed by atoms with Gasteiger partial charge in [0.25, 0.3) is 0 Å². The van der Waals surface area contributed by atoms with Crippen LogP contribution in [0, 0.1) is 16.7 Å². The minimum atomic E-state index is -0.498. The lowest BCUT2D eigenvalue weighted by Crippen LogP contribution is -2.60. The van der Waals surface area contributed by atoms with Crippen molar-refractivity contribution in [2.75, 3.05) is 7.11 Å². The number of hydrogen-bond donors (Lipinski definition) is 0. The van der Waals surface area contributed by atoms with Crippen molar-refractivity contribution in [1.29, 1.82) is 0 Å². The van der Waals surface area contributed by atoms with Gasteiger partial charge >= 0.3 is 5.97 Å². The molecule has 2 aliphatic carbocycles. The summed E-state index contributed by atoms with van der Waals surface area (Å²) in [6.45, 7) is 8.63. The zero-order chi connectivity index (χ0) is 18.5. The largest absolute Gasteiger partial charge is 0.469 e. The average molecular weight is 348 g/mol. The molecule has 4 heteroatoms. The highest BCUT2D eigenvalue weighted by Crippen LogP contribution is 2.66. The lowest BCUT2D eigenvalue weighted by molar-refractivity contribution is -0.193. The molecule has 0 N–H and O–H groups in total. The highest BCUT2D eigenvalue weighted by molar-refractivity contribution is 5.70. The number of aldehydes is 1.